The highest BCUT2D eigenvalue weighted by atomic mass is 16.5. The number of ether oxygens (including phenoxy) is 2. The van der Waals surface area contributed by atoms with Crippen molar-refractivity contribution in [2.24, 2.45) is 7.05 Å². The average Bonchev–Trinajstić information content (AvgIpc) is 3.10. The first-order chi connectivity index (χ1) is 16.3. The van der Waals surface area contributed by atoms with Crippen LogP contribution in [0.5, 0.6) is 11.5 Å². The number of methoxy groups -OCH3 is 1. The van der Waals surface area contributed by atoms with Gasteiger partial charge in [0.25, 0.3) is 5.91 Å². The summed E-state index contributed by atoms with van der Waals surface area (Å²) < 4.78 is 13.1. The number of carbonyl (C=O) groups excluding carboxylic acids is 2. The van der Waals surface area contributed by atoms with Crippen LogP contribution in [0.1, 0.15) is 52.0 Å². The van der Waals surface area contributed by atoms with Crippen LogP contribution in [0.25, 0.3) is 0 Å². The molecule has 2 N–H and O–H groups in total. The molecule has 2 aromatic carbocycles. The summed E-state index contributed by atoms with van der Waals surface area (Å²) in [7, 11) is 3.38. The molecule has 4 rings (SSSR count). The fourth-order valence-corrected chi connectivity index (χ4v) is 4.36. The van der Waals surface area contributed by atoms with E-state index < -0.39 is 12.0 Å². The quantitative estimate of drug-likeness (QED) is 0.558. The van der Waals surface area contributed by atoms with Gasteiger partial charge in [-0.05, 0) is 50.1 Å². The molecule has 2 amide bonds. The predicted octanol–water partition coefficient (Wildman–Crippen LogP) is 3.72. The first-order valence-electron chi connectivity index (χ1n) is 11.4. The zero-order chi connectivity index (χ0) is 24.4. The summed E-state index contributed by atoms with van der Waals surface area (Å²) in [6.07, 6.45) is 0.848. The highest BCUT2D eigenvalue weighted by molar-refractivity contribution is 6.03. The number of fused-ring (bicyclic) bond motifs is 1. The van der Waals surface area contributed by atoms with Crippen LogP contribution in [0.15, 0.2) is 42.5 Å². The zero-order valence-corrected chi connectivity index (χ0v) is 20.1. The zero-order valence-electron chi connectivity index (χ0n) is 20.1. The van der Waals surface area contributed by atoms with Gasteiger partial charge < -0.3 is 20.1 Å². The minimum atomic E-state index is -0.836. The summed E-state index contributed by atoms with van der Waals surface area (Å²) in [5.41, 5.74) is 4.02. The van der Waals surface area contributed by atoms with Crippen LogP contribution < -0.4 is 20.1 Å². The van der Waals surface area contributed by atoms with Gasteiger partial charge in [-0.3, -0.25) is 14.3 Å². The molecular formula is C26H30N4O4. The third-order valence-electron chi connectivity index (χ3n) is 6.05. The summed E-state index contributed by atoms with van der Waals surface area (Å²) in [6.45, 7) is 6.43. The van der Waals surface area contributed by atoms with Crippen LogP contribution in [-0.2, 0) is 11.8 Å². The lowest BCUT2D eigenvalue weighted by Crippen LogP contribution is -2.50. The number of benzene rings is 2. The molecule has 1 aromatic heterocycles. The molecule has 0 aliphatic carbocycles. The van der Waals surface area contributed by atoms with E-state index in [0.29, 0.717) is 29.5 Å². The Morgan fingerprint density at radius 2 is 1.88 bits per heavy atom. The van der Waals surface area contributed by atoms with Crippen molar-refractivity contribution in [3.05, 3.63) is 70.4 Å². The van der Waals surface area contributed by atoms with Crippen LogP contribution in [0.3, 0.4) is 0 Å². The van der Waals surface area contributed by atoms with Gasteiger partial charge in [0.1, 0.15) is 11.9 Å². The number of aryl methyl sites for hydroxylation is 3. The van der Waals surface area contributed by atoms with Gasteiger partial charge in [-0.2, -0.15) is 5.10 Å². The largest absolute Gasteiger partial charge is 0.493 e. The van der Waals surface area contributed by atoms with Gasteiger partial charge in [-0.15, -0.1) is 0 Å². The van der Waals surface area contributed by atoms with E-state index in [9.17, 15) is 9.59 Å². The standard InChI is InChI=1S/C26H30N4O4/c1-6-13-34-20-14-18(11-12-19(20)33-5)22-21-16(3)29-30(4)24(21)28-26(32)23(22)27-25(31)17-9-7-15(2)8-10-17/h7-12,14,22-23H,6,13H2,1-5H3,(H,27,31)(H,28,32)/t22-,23+/m0/s1. The van der Waals surface area contributed by atoms with E-state index in [4.69, 9.17) is 9.47 Å². The number of aromatic nitrogens is 2. The maximum Gasteiger partial charge on any atom is 0.251 e. The Bertz CT molecular complexity index is 1220. The Kier molecular flexibility index (Phi) is 6.58. The molecule has 0 spiro atoms. The lowest BCUT2D eigenvalue weighted by molar-refractivity contribution is -0.118. The molecule has 2 heterocycles. The average molecular weight is 463 g/mol. The number of hydrogen-bond acceptors (Lipinski definition) is 5. The summed E-state index contributed by atoms with van der Waals surface area (Å²) in [4.78, 5) is 26.4. The molecule has 0 unspecified atom stereocenters. The van der Waals surface area contributed by atoms with E-state index in [1.165, 1.54) is 0 Å². The molecule has 3 aromatic rings. The number of anilines is 1. The molecule has 0 fully saturated rings. The lowest BCUT2D eigenvalue weighted by atomic mass is 9.81. The van der Waals surface area contributed by atoms with Crippen molar-refractivity contribution in [1.29, 1.82) is 0 Å². The monoisotopic (exact) mass is 462 g/mol. The van der Waals surface area contributed by atoms with Crippen LogP contribution in [0.4, 0.5) is 5.82 Å². The second-order valence-electron chi connectivity index (χ2n) is 8.51. The Labute approximate surface area is 199 Å². The van der Waals surface area contributed by atoms with E-state index in [2.05, 4.69) is 15.7 Å². The number of amides is 2. The topological polar surface area (TPSA) is 94.5 Å². The van der Waals surface area contributed by atoms with Gasteiger partial charge >= 0.3 is 0 Å². The van der Waals surface area contributed by atoms with Gasteiger partial charge in [-0.25, -0.2) is 0 Å². The van der Waals surface area contributed by atoms with Gasteiger partial charge in [0.05, 0.1) is 19.4 Å². The molecule has 8 heteroatoms. The van der Waals surface area contributed by atoms with Crippen molar-refractivity contribution in [1.82, 2.24) is 15.1 Å². The number of nitrogens with one attached hydrogen (secondary N) is 2. The molecule has 0 radical (unpaired) electrons. The van der Waals surface area contributed by atoms with E-state index in [0.717, 1.165) is 28.8 Å². The van der Waals surface area contributed by atoms with Crippen molar-refractivity contribution in [2.75, 3.05) is 19.0 Å². The lowest BCUT2D eigenvalue weighted by Gasteiger charge is -2.33. The minimum Gasteiger partial charge on any atom is -0.493 e. The maximum atomic E-state index is 13.3. The molecule has 1 aliphatic heterocycles. The molecule has 34 heavy (non-hydrogen) atoms. The predicted molar refractivity (Wildman–Crippen MR) is 130 cm³/mol. The molecule has 0 saturated heterocycles. The molecule has 0 saturated carbocycles. The van der Waals surface area contributed by atoms with Crippen molar-refractivity contribution < 1.29 is 19.1 Å². The normalized spacial score (nSPS) is 17.0. The second-order valence-corrected chi connectivity index (χ2v) is 8.51. The Hall–Kier alpha value is -3.81. The highest BCUT2D eigenvalue weighted by Gasteiger charge is 2.41. The highest BCUT2D eigenvalue weighted by Crippen LogP contribution is 2.41. The third-order valence-corrected chi connectivity index (χ3v) is 6.05. The second kappa shape index (κ2) is 9.59. The Balaban J connectivity index is 1.79. The van der Waals surface area contributed by atoms with Crippen LogP contribution in [0, 0.1) is 13.8 Å². The Morgan fingerprint density at radius 1 is 1.15 bits per heavy atom. The molecule has 2 atom stereocenters. The van der Waals surface area contributed by atoms with Crippen molar-refractivity contribution in [3.63, 3.8) is 0 Å². The number of hydrogen-bond donors (Lipinski definition) is 2. The van der Waals surface area contributed by atoms with Crippen LogP contribution in [0.2, 0.25) is 0 Å². The number of carbonyl (C=O) groups is 2. The summed E-state index contributed by atoms with van der Waals surface area (Å²) in [6, 6.07) is 12.0. The third kappa shape index (κ3) is 4.35. The molecular weight excluding hydrogens is 432 g/mol. The minimum absolute atomic E-state index is 0.298. The SMILES string of the molecule is CCCOc1cc([C@H]2c3c(C)nn(C)c3NC(=O)[C@@H]2NC(=O)c2ccc(C)cc2)ccc1OC. The molecule has 178 valence electrons. The van der Waals surface area contributed by atoms with E-state index >= 15 is 0 Å². The van der Waals surface area contributed by atoms with Crippen molar-refractivity contribution >= 4 is 17.6 Å². The smallest absolute Gasteiger partial charge is 0.251 e. The van der Waals surface area contributed by atoms with E-state index in [1.54, 1.807) is 31.0 Å². The summed E-state index contributed by atoms with van der Waals surface area (Å²) >= 11 is 0. The van der Waals surface area contributed by atoms with Crippen LogP contribution in [-0.4, -0.2) is 41.4 Å². The van der Waals surface area contributed by atoms with Gasteiger partial charge in [-0.1, -0.05) is 30.7 Å². The van der Waals surface area contributed by atoms with Crippen molar-refractivity contribution in [3.8, 4) is 11.5 Å². The van der Waals surface area contributed by atoms with Crippen LogP contribution >= 0.6 is 0 Å². The fourth-order valence-electron chi connectivity index (χ4n) is 4.36. The van der Waals surface area contributed by atoms with E-state index in [-0.39, 0.29) is 11.8 Å². The first kappa shape index (κ1) is 23.4. The summed E-state index contributed by atoms with van der Waals surface area (Å²) in [5.74, 6) is 0.765. The van der Waals surface area contributed by atoms with E-state index in [1.807, 2.05) is 51.1 Å². The van der Waals surface area contributed by atoms with Gasteiger partial charge in [0.15, 0.2) is 11.5 Å². The number of nitrogens with zero attached hydrogens (tertiary/aromatic N) is 2. The molecule has 0 bridgehead atoms. The Morgan fingerprint density at radius 3 is 2.56 bits per heavy atom. The molecule has 8 nitrogen and oxygen atoms in total. The van der Waals surface area contributed by atoms with Gasteiger partial charge in [0.2, 0.25) is 5.91 Å². The summed E-state index contributed by atoms with van der Waals surface area (Å²) in [5, 5.41) is 10.4. The number of rotatable bonds is 7. The van der Waals surface area contributed by atoms with Gasteiger partial charge in [0, 0.05) is 24.1 Å². The molecule has 1 aliphatic rings. The van der Waals surface area contributed by atoms with Crippen molar-refractivity contribution in [2.45, 2.75) is 39.2 Å². The fraction of sp³-hybridized carbons (Fsp3) is 0.346. The maximum absolute atomic E-state index is 13.3. The first-order valence-corrected chi connectivity index (χ1v) is 11.4.